The van der Waals surface area contributed by atoms with Crippen molar-refractivity contribution in [2.45, 2.75) is 0 Å². The standard InChI is InChI=1S/C13H16N2O6/c1-20-9-3-2-4-10(5-9)21-8-12(17)14-6-11(16)15-7-13(18)19/h2-5H,6-8H2,1H3,(H,14,17)(H,15,16)(H,18,19). The third kappa shape index (κ3) is 6.81. The highest BCUT2D eigenvalue weighted by atomic mass is 16.5. The largest absolute Gasteiger partial charge is 0.497 e. The Hall–Kier alpha value is -2.77. The lowest BCUT2D eigenvalue weighted by Gasteiger charge is -2.08. The predicted molar refractivity (Wildman–Crippen MR) is 72.1 cm³/mol. The van der Waals surface area contributed by atoms with Crippen LogP contribution in [0, 0.1) is 0 Å². The lowest BCUT2D eigenvalue weighted by Crippen LogP contribution is -2.40. The van der Waals surface area contributed by atoms with E-state index in [-0.39, 0.29) is 13.2 Å². The number of carboxylic acid groups (broad SMARTS) is 1. The number of amides is 2. The Morgan fingerprint density at radius 1 is 1.10 bits per heavy atom. The van der Waals surface area contributed by atoms with E-state index in [4.69, 9.17) is 14.6 Å². The summed E-state index contributed by atoms with van der Waals surface area (Å²) in [6, 6.07) is 6.73. The highest BCUT2D eigenvalue weighted by Crippen LogP contribution is 2.18. The Labute approximate surface area is 121 Å². The van der Waals surface area contributed by atoms with E-state index in [1.165, 1.54) is 7.11 Å². The van der Waals surface area contributed by atoms with Gasteiger partial charge >= 0.3 is 5.97 Å². The van der Waals surface area contributed by atoms with Crippen molar-refractivity contribution in [2.75, 3.05) is 26.8 Å². The third-order valence-electron chi connectivity index (χ3n) is 2.29. The number of carboxylic acids is 1. The van der Waals surface area contributed by atoms with Gasteiger partial charge in [0.2, 0.25) is 5.91 Å². The van der Waals surface area contributed by atoms with Crippen LogP contribution in [0.1, 0.15) is 0 Å². The zero-order chi connectivity index (χ0) is 15.7. The van der Waals surface area contributed by atoms with Crippen LogP contribution in [0.4, 0.5) is 0 Å². The van der Waals surface area contributed by atoms with Crippen molar-refractivity contribution in [2.24, 2.45) is 0 Å². The molecule has 114 valence electrons. The number of rotatable bonds is 8. The number of methoxy groups -OCH3 is 1. The molecule has 0 saturated heterocycles. The Balaban J connectivity index is 2.27. The van der Waals surface area contributed by atoms with Crippen LogP contribution < -0.4 is 20.1 Å². The molecule has 21 heavy (non-hydrogen) atoms. The molecule has 1 aromatic rings. The van der Waals surface area contributed by atoms with Crippen molar-refractivity contribution >= 4 is 17.8 Å². The maximum atomic E-state index is 11.4. The molecular weight excluding hydrogens is 280 g/mol. The van der Waals surface area contributed by atoms with E-state index < -0.39 is 24.3 Å². The van der Waals surface area contributed by atoms with E-state index in [0.29, 0.717) is 11.5 Å². The van der Waals surface area contributed by atoms with Crippen molar-refractivity contribution in [3.8, 4) is 11.5 Å². The second kappa shape index (κ2) is 8.41. The maximum absolute atomic E-state index is 11.4. The van der Waals surface area contributed by atoms with Gasteiger partial charge in [-0.1, -0.05) is 6.07 Å². The van der Waals surface area contributed by atoms with E-state index in [0.717, 1.165) is 0 Å². The van der Waals surface area contributed by atoms with Crippen molar-refractivity contribution in [3.05, 3.63) is 24.3 Å². The normalized spacial score (nSPS) is 9.57. The van der Waals surface area contributed by atoms with E-state index in [9.17, 15) is 14.4 Å². The smallest absolute Gasteiger partial charge is 0.322 e. The first kappa shape index (κ1) is 16.3. The lowest BCUT2D eigenvalue weighted by atomic mass is 10.3. The fraction of sp³-hybridized carbons (Fsp3) is 0.308. The summed E-state index contributed by atoms with van der Waals surface area (Å²) >= 11 is 0. The summed E-state index contributed by atoms with van der Waals surface area (Å²) in [7, 11) is 1.52. The summed E-state index contributed by atoms with van der Waals surface area (Å²) in [5, 5.41) is 12.8. The Morgan fingerprint density at radius 2 is 1.76 bits per heavy atom. The van der Waals surface area contributed by atoms with E-state index in [2.05, 4.69) is 10.6 Å². The minimum Gasteiger partial charge on any atom is -0.497 e. The van der Waals surface area contributed by atoms with Crippen LogP contribution in [0.2, 0.25) is 0 Å². The molecule has 1 rings (SSSR count). The molecule has 0 radical (unpaired) electrons. The number of nitrogens with one attached hydrogen (secondary N) is 2. The van der Waals surface area contributed by atoms with Crippen molar-refractivity contribution in [1.29, 1.82) is 0 Å². The monoisotopic (exact) mass is 296 g/mol. The van der Waals surface area contributed by atoms with Gasteiger partial charge in [-0.15, -0.1) is 0 Å². The first-order valence-corrected chi connectivity index (χ1v) is 6.03. The van der Waals surface area contributed by atoms with E-state index >= 15 is 0 Å². The van der Waals surface area contributed by atoms with E-state index in [1.807, 2.05) is 0 Å². The number of benzene rings is 1. The van der Waals surface area contributed by atoms with Crippen LogP contribution in [0.3, 0.4) is 0 Å². The summed E-state index contributed by atoms with van der Waals surface area (Å²) < 4.78 is 10.2. The zero-order valence-corrected chi connectivity index (χ0v) is 11.4. The molecule has 0 bridgehead atoms. The molecule has 0 heterocycles. The Kier molecular flexibility index (Phi) is 6.52. The van der Waals surface area contributed by atoms with Gasteiger partial charge in [-0.05, 0) is 12.1 Å². The van der Waals surface area contributed by atoms with Crippen LogP contribution in [0.5, 0.6) is 11.5 Å². The van der Waals surface area contributed by atoms with Gasteiger partial charge in [0, 0.05) is 6.07 Å². The summed E-state index contributed by atoms with van der Waals surface area (Å²) in [6.45, 7) is -1.07. The molecule has 0 saturated carbocycles. The van der Waals surface area contributed by atoms with Gasteiger partial charge in [-0.3, -0.25) is 14.4 Å². The number of aliphatic carboxylic acids is 1. The average molecular weight is 296 g/mol. The minimum absolute atomic E-state index is 0.265. The predicted octanol–water partition coefficient (Wildman–Crippen LogP) is -0.609. The molecule has 3 N–H and O–H groups in total. The molecule has 0 aliphatic carbocycles. The number of carbonyl (C=O) groups is 3. The summed E-state index contributed by atoms with van der Waals surface area (Å²) in [6.07, 6.45) is 0. The van der Waals surface area contributed by atoms with Gasteiger partial charge in [-0.25, -0.2) is 0 Å². The number of carbonyl (C=O) groups excluding carboxylic acids is 2. The topological polar surface area (TPSA) is 114 Å². The quantitative estimate of drug-likeness (QED) is 0.590. The molecule has 2 amide bonds. The van der Waals surface area contributed by atoms with Crippen LogP contribution >= 0.6 is 0 Å². The second-order valence-corrected chi connectivity index (χ2v) is 3.91. The SMILES string of the molecule is COc1cccc(OCC(=O)NCC(=O)NCC(=O)O)c1. The molecular formula is C13H16N2O6. The van der Waals surface area contributed by atoms with Crippen LogP contribution in [-0.4, -0.2) is 49.7 Å². The molecule has 8 heteroatoms. The van der Waals surface area contributed by atoms with Crippen molar-refractivity contribution < 1.29 is 29.0 Å². The highest BCUT2D eigenvalue weighted by Gasteiger charge is 2.07. The Morgan fingerprint density at radius 3 is 2.43 bits per heavy atom. The van der Waals surface area contributed by atoms with E-state index in [1.54, 1.807) is 24.3 Å². The minimum atomic E-state index is -1.16. The van der Waals surface area contributed by atoms with Crippen LogP contribution in [0.25, 0.3) is 0 Å². The summed E-state index contributed by atoms with van der Waals surface area (Å²) in [4.78, 5) is 32.8. The van der Waals surface area contributed by atoms with Gasteiger partial charge in [0.1, 0.15) is 18.0 Å². The van der Waals surface area contributed by atoms with Gasteiger partial charge in [-0.2, -0.15) is 0 Å². The molecule has 0 spiro atoms. The van der Waals surface area contributed by atoms with Gasteiger partial charge in [0.05, 0.1) is 13.7 Å². The van der Waals surface area contributed by atoms with Crippen molar-refractivity contribution in [1.82, 2.24) is 10.6 Å². The number of hydrogen-bond donors (Lipinski definition) is 3. The third-order valence-corrected chi connectivity index (χ3v) is 2.29. The Bertz CT molecular complexity index is 517. The lowest BCUT2D eigenvalue weighted by molar-refractivity contribution is -0.137. The average Bonchev–Trinajstić information content (AvgIpc) is 2.49. The molecule has 0 atom stereocenters. The number of hydrogen-bond acceptors (Lipinski definition) is 5. The first-order chi connectivity index (χ1) is 10.0. The van der Waals surface area contributed by atoms with Crippen LogP contribution in [0.15, 0.2) is 24.3 Å². The molecule has 0 unspecified atom stereocenters. The van der Waals surface area contributed by atoms with Gasteiger partial charge in [0.25, 0.3) is 5.91 Å². The molecule has 0 aromatic heterocycles. The molecule has 0 aliphatic rings. The van der Waals surface area contributed by atoms with Gasteiger partial charge < -0.3 is 25.2 Å². The highest BCUT2D eigenvalue weighted by molar-refractivity contribution is 5.87. The van der Waals surface area contributed by atoms with Crippen LogP contribution in [-0.2, 0) is 14.4 Å². The first-order valence-electron chi connectivity index (χ1n) is 6.03. The fourth-order valence-electron chi connectivity index (χ4n) is 1.31. The second-order valence-electron chi connectivity index (χ2n) is 3.91. The zero-order valence-electron chi connectivity index (χ0n) is 11.4. The fourth-order valence-corrected chi connectivity index (χ4v) is 1.31. The molecule has 1 aromatic carbocycles. The molecule has 0 aliphatic heterocycles. The molecule has 0 fully saturated rings. The maximum Gasteiger partial charge on any atom is 0.322 e. The summed E-state index contributed by atoms with van der Waals surface area (Å²) in [5.74, 6) is -1.19. The van der Waals surface area contributed by atoms with Crippen molar-refractivity contribution in [3.63, 3.8) is 0 Å². The summed E-state index contributed by atoms with van der Waals surface area (Å²) in [5.41, 5.74) is 0. The van der Waals surface area contributed by atoms with Gasteiger partial charge in [0.15, 0.2) is 6.61 Å². The number of ether oxygens (including phenoxy) is 2. The molecule has 8 nitrogen and oxygen atoms in total.